The third-order valence-corrected chi connectivity index (χ3v) is 1.94. The molecule has 0 spiro atoms. The van der Waals surface area contributed by atoms with Crippen LogP contribution in [0.5, 0.6) is 0 Å². The summed E-state index contributed by atoms with van der Waals surface area (Å²) in [6.07, 6.45) is -2.66. The second kappa shape index (κ2) is 9.40. The zero-order chi connectivity index (χ0) is 14.8. The highest BCUT2D eigenvalue weighted by Crippen LogP contribution is 1.91. The molecule has 0 aliphatic carbocycles. The van der Waals surface area contributed by atoms with Crippen molar-refractivity contribution in [1.29, 1.82) is 0 Å². The summed E-state index contributed by atoms with van der Waals surface area (Å²) in [5.41, 5.74) is 0. The third kappa shape index (κ3) is 10.1. The molecular formula is C11H22N2O6. The van der Waals surface area contributed by atoms with Gasteiger partial charge in [0.15, 0.2) is 0 Å². The van der Waals surface area contributed by atoms with Crippen LogP contribution in [0.3, 0.4) is 0 Å². The van der Waals surface area contributed by atoms with E-state index in [0.717, 1.165) is 0 Å². The molecule has 0 aromatic heterocycles. The topological polar surface area (TPSA) is 117 Å². The van der Waals surface area contributed by atoms with Crippen molar-refractivity contribution in [2.75, 3.05) is 19.8 Å². The summed E-state index contributed by atoms with van der Waals surface area (Å²) < 4.78 is 9.44. The van der Waals surface area contributed by atoms with Crippen molar-refractivity contribution in [3.63, 3.8) is 0 Å². The number of hydrogen-bond donors (Lipinski definition) is 4. The Labute approximate surface area is 112 Å². The van der Waals surface area contributed by atoms with Crippen molar-refractivity contribution in [3.8, 4) is 0 Å². The Morgan fingerprint density at radius 3 is 2.37 bits per heavy atom. The first-order chi connectivity index (χ1) is 8.85. The number of carbonyl (C=O) groups excluding carboxylic acids is 2. The van der Waals surface area contributed by atoms with Gasteiger partial charge in [-0.3, -0.25) is 0 Å². The molecule has 0 aliphatic rings. The predicted octanol–water partition coefficient (Wildman–Crippen LogP) is -0.411. The standard InChI is InChI=1S/C11H22N2O6/c1-7(13-11(17)19-9(3)5-14)4-12-10(16)18-6-8(2)15/h7-9,14-15H,4-6H2,1-3H3,(H,12,16)(H,13,17). The minimum atomic E-state index is -0.726. The highest BCUT2D eigenvalue weighted by molar-refractivity contribution is 5.69. The van der Waals surface area contributed by atoms with Crippen LogP contribution in [0, 0.1) is 0 Å². The number of ether oxygens (including phenoxy) is 2. The fraction of sp³-hybridized carbons (Fsp3) is 0.818. The van der Waals surface area contributed by atoms with E-state index in [0.29, 0.717) is 0 Å². The summed E-state index contributed by atoms with van der Waals surface area (Å²) in [7, 11) is 0. The van der Waals surface area contributed by atoms with Gasteiger partial charge in [-0.05, 0) is 20.8 Å². The molecule has 0 fully saturated rings. The number of carbonyl (C=O) groups is 2. The van der Waals surface area contributed by atoms with E-state index in [1.165, 1.54) is 6.92 Å². The number of alkyl carbamates (subject to hydrolysis) is 2. The van der Waals surface area contributed by atoms with Crippen LogP contribution < -0.4 is 10.6 Å². The van der Waals surface area contributed by atoms with Crippen molar-refractivity contribution in [1.82, 2.24) is 10.6 Å². The largest absolute Gasteiger partial charge is 0.447 e. The number of amides is 2. The first-order valence-electron chi connectivity index (χ1n) is 6.01. The van der Waals surface area contributed by atoms with E-state index in [1.807, 2.05) is 0 Å². The van der Waals surface area contributed by atoms with Gasteiger partial charge < -0.3 is 30.3 Å². The third-order valence-electron chi connectivity index (χ3n) is 1.94. The summed E-state index contributed by atoms with van der Waals surface area (Å²) in [4.78, 5) is 22.4. The molecule has 112 valence electrons. The molecule has 3 unspecified atom stereocenters. The molecule has 8 nitrogen and oxygen atoms in total. The van der Waals surface area contributed by atoms with Gasteiger partial charge in [0.05, 0.1) is 12.7 Å². The second-order valence-corrected chi connectivity index (χ2v) is 4.27. The lowest BCUT2D eigenvalue weighted by atomic mass is 10.3. The number of aliphatic hydroxyl groups is 2. The Balaban J connectivity index is 3.77. The molecule has 8 heteroatoms. The van der Waals surface area contributed by atoms with Crippen LogP contribution in [-0.4, -0.2) is 60.4 Å². The van der Waals surface area contributed by atoms with E-state index in [-0.39, 0.29) is 25.8 Å². The van der Waals surface area contributed by atoms with E-state index in [1.54, 1.807) is 13.8 Å². The van der Waals surface area contributed by atoms with Crippen LogP contribution in [0.15, 0.2) is 0 Å². The summed E-state index contributed by atoms with van der Waals surface area (Å²) in [6.45, 7) is 4.52. The normalized spacial score (nSPS) is 15.0. The number of aliphatic hydroxyl groups excluding tert-OH is 2. The van der Waals surface area contributed by atoms with Crippen LogP contribution in [0.25, 0.3) is 0 Å². The van der Waals surface area contributed by atoms with Crippen molar-refractivity contribution in [2.45, 2.75) is 39.0 Å². The van der Waals surface area contributed by atoms with Gasteiger partial charge in [-0.2, -0.15) is 0 Å². The summed E-state index contributed by atoms with van der Waals surface area (Å²) >= 11 is 0. The smallest absolute Gasteiger partial charge is 0.407 e. The van der Waals surface area contributed by atoms with Gasteiger partial charge >= 0.3 is 12.2 Å². The number of nitrogens with one attached hydrogen (secondary N) is 2. The van der Waals surface area contributed by atoms with E-state index in [2.05, 4.69) is 15.4 Å². The van der Waals surface area contributed by atoms with Crippen molar-refractivity contribution >= 4 is 12.2 Å². The lowest BCUT2D eigenvalue weighted by molar-refractivity contribution is 0.0655. The van der Waals surface area contributed by atoms with E-state index in [9.17, 15) is 9.59 Å². The Morgan fingerprint density at radius 2 is 1.84 bits per heavy atom. The van der Waals surface area contributed by atoms with Crippen LogP contribution in [-0.2, 0) is 9.47 Å². The molecule has 0 radical (unpaired) electrons. The SMILES string of the molecule is CC(O)COC(=O)NCC(C)NC(=O)OC(C)CO. The lowest BCUT2D eigenvalue weighted by Crippen LogP contribution is -2.43. The van der Waals surface area contributed by atoms with Gasteiger partial charge in [-0.25, -0.2) is 9.59 Å². The van der Waals surface area contributed by atoms with E-state index >= 15 is 0 Å². The van der Waals surface area contributed by atoms with Gasteiger partial charge in [0.25, 0.3) is 0 Å². The first-order valence-corrected chi connectivity index (χ1v) is 6.01. The average Bonchev–Trinajstić information content (AvgIpc) is 2.33. The van der Waals surface area contributed by atoms with Crippen molar-refractivity contribution in [3.05, 3.63) is 0 Å². The van der Waals surface area contributed by atoms with E-state index in [4.69, 9.17) is 14.9 Å². The zero-order valence-electron chi connectivity index (χ0n) is 11.4. The monoisotopic (exact) mass is 278 g/mol. The molecule has 0 bridgehead atoms. The molecule has 0 heterocycles. The Bertz CT molecular complexity index is 284. The van der Waals surface area contributed by atoms with Gasteiger partial charge in [0.2, 0.25) is 0 Å². The molecule has 0 saturated carbocycles. The van der Waals surface area contributed by atoms with Crippen LogP contribution >= 0.6 is 0 Å². The molecule has 2 amide bonds. The molecule has 0 rings (SSSR count). The van der Waals surface area contributed by atoms with Gasteiger partial charge in [-0.1, -0.05) is 0 Å². The maximum atomic E-state index is 11.3. The van der Waals surface area contributed by atoms with Crippen LogP contribution in [0.1, 0.15) is 20.8 Å². The molecule has 0 aliphatic heterocycles. The lowest BCUT2D eigenvalue weighted by Gasteiger charge is -2.16. The van der Waals surface area contributed by atoms with Crippen molar-refractivity contribution < 1.29 is 29.3 Å². The molecular weight excluding hydrogens is 256 g/mol. The van der Waals surface area contributed by atoms with Crippen molar-refractivity contribution in [2.24, 2.45) is 0 Å². The number of hydrogen-bond acceptors (Lipinski definition) is 6. The molecule has 19 heavy (non-hydrogen) atoms. The maximum Gasteiger partial charge on any atom is 0.407 e. The quantitative estimate of drug-likeness (QED) is 0.503. The molecule has 3 atom stereocenters. The summed E-state index contributed by atoms with van der Waals surface area (Å²) in [5.74, 6) is 0. The second-order valence-electron chi connectivity index (χ2n) is 4.27. The maximum absolute atomic E-state index is 11.3. The van der Waals surface area contributed by atoms with Gasteiger partial charge in [0, 0.05) is 12.6 Å². The molecule has 0 aromatic carbocycles. The fourth-order valence-electron chi connectivity index (χ4n) is 0.990. The first kappa shape index (κ1) is 17.5. The average molecular weight is 278 g/mol. The fourth-order valence-corrected chi connectivity index (χ4v) is 0.990. The number of rotatable bonds is 7. The highest BCUT2D eigenvalue weighted by atomic mass is 16.6. The minimum absolute atomic E-state index is 0.0936. The zero-order valence-corrected chi connectivity index (χ0v) is 11.4. The Hall–Kier alpha value is -1.54. The summed E-state index contributed by atoms with van der Waals surface area (Å²) in [5, 5.41) is 22.5. The highest BCUT2D eigenvalue weighted by Gasteiger charge is 2.12. The van der Waals surface area contributed by atoms with Gasteiger partial charge in [-0.15, -0.1) is 0 Å². The molecule has 4 N–H and O–H groups in total. The molecule has 0 aromatic rings. The van der Waals surface area contributed by atoms with Crippen LogP contribution in [0.4, 0.5) is 9.59 Å². The molecule has 0 saturated heterocycles. The van der Waals surface area contributed by atoms with Crippen LogP contribution in [0.2, 0.25) is 0 Å². The summed E-state index contributed by atoms with van der Waals surface area (Å²) in [6, 6.07) is -0.363. The minimum Gasteiger partial charge on any atom is -0.447 e. The Morgan fingerprint density at radius 1 is 1.21 bits per heavy atom. The van der Waals surface area contributed by atoms with E-state index < -0.39 is 24.4 Å². The van der Waals surface area contributed by atoms with Gasteiger partial charge in [0.1, 0.15) is 12.7 Å². The Kier molecular flexibility index (Phi) is 8.64. The predicted molar refractivity (Wildman–Crippen MR) is 66.7 cm³/mol.